The molecule has 20 heavy (non-hydrogen) atoms. The summed E-state index contributed by atoms with van der Waals surface area (Å²) < 4.78 is 38.0. The number of benzene rings is 1. The summed E-state index contributed by atoms with van der Waals surface area (Å²) in [6.07, 6.45) is -3.23. The molecule has 0 saturated carbocycles. The molecule has 1 aliphatic rings. The van der Waals surface area contributed by atoms with Gasteiger partial charge in [0.05, 0.1) is 10.5 Å². The molecular formula is C11H4Cl2F3NOS2. The number of rotatable bonds is 1. The highest BCUT2D eigenvalue weighted by molar-refractivity contribution is 8.26. The number of hydrogen-bond donors (Lipinski definition) is 1. The molecule has 2 rings (SSSR count). The van der Waals surface area contributed by atoms with E-state index in [1.54, 1.807) is 0 Å². The van der Waals surface area contributed by atoms with Crippen molar-refractivity contribution in [2.24, 2.45) is 0 Å². The van der Waals surface area contributed by atoms with Crippen LogP contribution in [0.15, 0.2) is 17.0 Å². The van der Waals surface area contributed by atoms with Crippen molar-refractivity contribution in [2.45, 2.75) is 6.18 Å². The Morgan fingerprint density at radius 1 is 1.25 bits per heavy atom. The summed E-state index contributed by atoms with van der Waals surface area (Å²) in [5.74, 6) is -0.438. The Kier molecular flexibility index (Phi) is 4.34. The van der Waals surface area contributed by atoms with E-state index in [4.69, 9.17) is 35.4 Å². The minimum absolute atomic E-state index is 0.142. The number of hydrogen-bond acceptors (Lipinski definition) is 3. The molecule has 1 aromatic rings. The maximum atomic E-state index is 12.6. The number of carbonyl (C=O) groups is 1. The van der Waals surface area contributed by atoms with E-state index in [-0.39, 0.29) is 24.8 Å². The fourth-order valence-electron chi connectivity index (χ4n) is 1.44. The second-order valence-corrected chi connectivity index (χ2v) is 6.24. The zero-order valence-electron chi connectivity index (χ0n) is 9.35. The van der Waals surface area contributed by atoms with Crippen molar-refractivity contribution in [1.29, 1.82) is 0 Å². The lowest BCUT2D eigenvalue weighted by Gasteiger charge is -2.10. The van der Waals surface area contributed by atoms with Gasteiger partial charge in [0.25, 0.3) is 5.91 Å². The lowest BCUT2D eigenvalue weighted by atomic mass is 10.1. The van der Waals surface area contributed by atoms with Gasteiger partial charge in [-0.15, -0.1) is 0 Å². The van der Waals surface area contributed by atoms with E-state index >= 15 is 0 Å². The van der Waals surface area contributed by atoms with Gasteiger partial charge in [0.1, 0.15) is 4.32 Å². The molecular weight excluding hydrogens is 354 g/mol. The van der Waals surface area contributed by atoms with Crippen LogP contribution in [0.25, 0.3) is 6.08 Å². The lowest BCUT2D eigenvalue weighted by molar-refractivity contribution is -0.137. The monoisotopic (exact) mass is 357 g/mol. The van der Waals surface area contributed by atoms with Crippen LogP contribution in [0.2, 0.25) is 10.0 Å². The molecule has 2 nitrogen and oxygen atoms in total. The molecule has 1 N–H and O–H groups in total. The van der Waals surface area contributed by atoms with Gasteiger partial charge in [-0.05, 0) is 18.2 Å². The highest BCUT2D eigenvalue weighted by Crippen LogP contribution is 2.38. The van der Waals surface area contributed by atoms with Gasteiger partial charge in [-0.2, -0.15) is 13.2 Å². The molecule has 0 atom stereocenters. The van der Waals surface area contributed by atoms with Crippen LogP contribution in [0, 0.1) is 0 Å². The molecule has 1 amide bonds. The van der Waals surface area contributed by atoms with Gasteiger partial charge >= 0.3 is 6.18 Å². The third kappa shape index (κ3) is 3.28. The molecule has 0 unspecified atom stereocenters. The average Bonchev–Trinajstić information content (AvgIpc) is 2.61. The Morgan fingerprint density at radius 3 is 2.20 bits per heavy atom. The van der Waals surface area contributed by atoms with Crippen LogP contribution in [0.1, 0.15) is 11.1 Å². The van der Waals surface area contributed by atoms with E-state index in [0.717, 1.165) is 23.9 Å². The summed E-state index contributed by atoms with van der Waals surface area (Å²) in [4.78, 5) is 11.7. The minimum Gasteiger partial charge on any atom is -0.307 e. The first-order chi connectivity index (χ1) is 9.18. The van der Waals surface area contributed by atoms with E-state index < -0.39 is 17.6 Å². The van der Waals surface area contributed by atoms with Gasteiger partial charge in [0.15, 0.2) is 0 Å². The van der Waals surface area contributed by atoms with Crippen molar-refractivity contribution in [1.82, 2.24) is 5.32 Å². The van der Waals surface area contributed by atoms with E-state index in [2.05, 4.69) is 5.32 Å². The summed E-state index contributed by atoms with van der Waals surface area (Å²) in [6.45, 7) is 0. The second kappa shape index (κ2) is 5.55. The summed E-state index contributed by atoms with van der Waals surface area (Å²) in [5.41, 5.74) is -0.808. The second-order valence-electron chi connectivity index (χ2n) is 3.70. The Hall–Kier alpha value is -0.760. The fraction of sp³-hybridized carbons (Fsp3) is 0.0909. The van der Waals surface area contributed by atoms with Gasteiger partial charge in [-0.1, -0.05) is 47.2 Å². The van der Waals surface area contributed by atoms with Crippen molar-refractivity contribution < 1.29 is 18.0 Å². The standard InChI is InChI=1S/C11H4Cl2F3NOS2/c12-6-1-4(11(14,15)16)2-7(13)5(6)3-8-9(18)17-10(19)20-8/h1-3H,(H,17,18,19)/b8-3-. The van der Waals surface area contributed by atoms with E-state index in [1.165, 1.54) is 6.08 Å². The Balaban J connectivity index is 2.47. The molecule has 0 aliphatic carbocycles. The molecule has 1 fully saturated rings. The molecule has 1 aliphatic heterocycles. The Bertz CT molecular complexity index is 620. The number of thioether (sulfide) groups is 1. The highest BCUT2D eigenvalue weighted by atomic mass is 35.5. The SMILES string of the molecule is O=C1NC(=S)S/C1=C\c1c(Cl)cc(C(F)(F)F)cc1Cl. The number of amides is 1. The normalized spacial score (nSPS) is 17.8. The molecule has 1 saturated heterocycles. The molecule has 9 heteroatoms. The van der Waals surface area contributed by atoms with E-state index in [0.29, 0.717) is 0 Å². The number of thiocarbonyl (C=S) groups is 1. The van der Waals surface area contributed by atoms with E-state index in [1.807, 2.05) is 0 Å². The third-order valence-electron chi connectivity index (χ3n) is 2.32. The number of nitrogens with one attached hydrogen (secondary N) is 1. The number of carbonyl (C=O) groups excluding carboxylic acids is 1. The van der Waals surface area contributed by atoms with Gasteiger partial charge in [-0.25, -0.2) is 0 Å². The Labute approximate surface area is 131 Å². The summed E-state index contributed by atoms with van der Waals surface area (Å²) in [7, 11) is 0. The van der Waals surface area contributed by atoms with Gasteiger partial charge in [0.2, 0.25) is 0 Å². The maximum Gasteiger partial charge on any atom is 0.416 e. The topological polar surface area (TPSA) is 29.1 Å². The van der Waals surface area contributed by atoms with Crippen LogP contribution in [-0.2, 0) is 11.0 Å². The predicted octanol–water partition coefficient (Wildman–Crippen LogP) is 4.50. The molecule has 1 aromatic carbocycles. The molecule has 1 heterocycles. The van der Waals surface area contributed by atoms with Crippen molar-refractivity contribution >= 4 is 63.5 Å². The lowest BCUT2D eigenvalue weighted by Crippen LogP contribution is -2.17. The van der Waals surface area contributed by atoms with Crippen LogP contribution in [-0.4, -0.2) is 10.2 Å². The van der Waals surface area contributed by atoms with Crippen LogP contribution >= 0.6 is 47.2 Å². The highest BCUT2D eigenvalue weighted by Gasteiger charge is 2.32. The first-order valence-corrected chi connectivity index (χ1v) is 6.97. The van der Waals surface area contributed by atoms with Crippen molar-refractivity contribution in [3.05, 3.63) is 38.2 Å². The van der Waals surface area contributed by atoms with Crippen molar-refractivity contribution in [2.75, 3.05) is 0 Å². The summed E-state index contributed by atoms with van der Waals surface area (Å²) in [5, 5.41) is 2.00. The van der Waals surface area contributed by atoms with Gasteiger partial charge in [-0.3, -0.25) is 4.79 Å². The predicted molar refractivity (Wildman–Crippen MR) is 77.8 cm³/mol. The van der Waals surface area contributed by atoms with Crippen LogP contribution < -0.4 is 5.32 Å². The fourth-order valence-corrected chi connectivity index (χ4v) is 3.06. The maximum absolute atomic E-state index is 12.6. The quantitative estimate of drug-likeness (QED) is 0.592. The van der Waals surface area contributed by atoms with Gasteiger partial charge < -0.3 is 5.32 Å². The third-order valence-corrected chi connectivity index (χ3v) is 4.11. The largest absolute Gasteiger partial charge is 0.416 e. The zero-order chi connectivity index (χ0) is 15.1. The molecule has 106 valence electrons. The van der Waals surface area contributed by atoms with Crippen LogP contribution in [0.3, 0.4) is 0 Å². The first kappa shape index (κ1) is 15.6. The molecule has 0 bridgehead atoms. The van der Waals surface area contributed by atoms with E-state index in [9.17, 15) is 18.0 Å². The molecule has 0 radical (unpaired) electrons. The minimum atomic E-state index is -4.54. The summed E-state index contributed by atoms with van der Waals surface area (Å²) in [6, 6.07) is 1.52. The zero-order valence-corrected chi connectivity index (χ0v) is 12.5. The van der Waals surface area contributed by atoms with Crippen molar-refractivity contribution in [3.63, 3.8) is 0 Å². The number of alkyl halides is 3. The molecule has 0 aromatic heterocycles. The average molecular weight is 358 g/mol. The van der Waals surface area contributed by atoms with Crippen molar-refractivity contribution in [3.8, 4) is 0 Å². The van der Waals surface area contributed by atoms with Crippen LogP contribution in [0.5, 0.6) is 0 Å². The summed E-state index contributed by atoms with van der Waals surface area (Å²) >= 11 is 17.4. The van der Waals surface area contributed by atoms with Crippen LogP contribution in [0.4, 0.5) is 13.2 Å². The first-order valence-electron chi connectivity index (χ1n) is 4.99. The Morgan fingerprint density at radius 2 is 1.80 bits per heavy atom. The molecule has 0 spiro atoms. The smallest absolute Gasteiger partial charge is 0.307 e. The van der Waals surface area contributed by atoms with Gasteiger partial charge in [0, 0.05) is 15.6 Å². The number of halogens is 5.